The summed E-state index contributed by atoms with van der Waals surface area (Å²) in [4.78, 5) is 5.88. The van der Waals surface area contributed by atoms with Gasteiger partial charge in [-0.15, -0.1) is 0 Å². The van der Waals surface area contributed by atoms with E-state index in [0.29, 0.717) is 18.4 Å². The van der Waals surface area contributed by atoms with E-state index < -0.39 is 0 Å². The smallest absolute Gasteiger partial charge is 0.187 e. The van der Waals surface area contributed by atoms with Crippen molar-refractivity contribution in [1.29, 1.82) is 0 Å². The lowest BCUT2D eigenvalue weighted by Crippen LogP contribution is -2.34. The van der Waals surface area contributed by atoms with E-state index >= 15 is 0 Å². The minimum absolute atomic E-state index is 0.371. The number of hydrogen-bond acceptors (Lipinski definition) is 2. The van der Waals surface area contributed by atoms with E-state index in [9.17, 15) is 0 Å². The predicted octanol–water partition coefficient (Wildman–Crippen LogP) is 4.82. The molecule has 124 valence electrons. The first-order valence-corrected chi connectivity index (χ1v) is 8.52. The number of aryl methyl sites for hydroxylation is 1. The molecule has 0 aliphatic carbocycles. The highest BCUT2D eigenvalue weighted by Gasteiger charge is 2.17. The normalized spacial score (nSPS) is 16.0. The molecule has 0 saturated carbocycles. The molecule has 3 rings (SSSR count). The third kappa shape index (κ3) is 4.23. The molecule has 0 unspecified atom stereocenters. The highest BCUT2D eigenvalue weighted by molar-refractivity contribution is 5.69. The maximum Gasteiger partial charge on any atom is 0.187 e. The third-order valence-electron chi connectivity index (χ3n) is 4.60. The van der Waals surface area contributed by atoms with Crippen LogP contribution in [-0.2, 0) is 11.3 Å². The van der Waals surface area contributed by atoms with Gasteiger partial charge in [-0.3, -0.25) is 0 Å². The fourth-order valence-electron chi connectivity index (χ4n) is 3.23. The van der Waals surface area contributed by atoms with Crippen LogP contribution in [0.5, 0.6) is 0 Å². The molecule has 2 aromatic carbocycles. The summed E-state index contributed by atoms with van der Waals surface area (Å²) < 4.78 is 6.13. The van der Waals surface area contributed by atoms with Crippen molar-refractivity contribution in [3.05, 3.63) is 65.0 Å². The Morgan fingerprint density at radius 1 is 1.12 bits per heavy atom. The molecule has 0 atom stereocenters. The molecule has 0 aromatic heterocycles. The monoisotopic (exact) mass is 320 g/mol. The van der Waals surface area contributed by atoms with Crippen LogP contribution in [0, 0.1) is 13.5 Å². The first-order chi connectivity index (χ1) is 11.6. The summed E-state index contributed by atoms with van der Waals surface area (Å²) >= 11 is 0. The van der Waals surface area contributed by atoms with Gasteiger partial charge in [0.2, 0.25) is 0 Å². The summed E-state index contributed by atoms with van der Waals surface area (Å²) in [5, 5.41) is 0. The average molecular weight is 320 g/mol. The molecule has 3 heteroatoms. The van der Waals surface area contributed by atoms with Crippen LogP contribution >= 0.6 is 0 Å². The molecule has 1 fully saturated rings. The van der Waals surface area contributed by atoms with Gasteiger partial charge in [0.15, 0.2) is 5.69 Å². The van der Waals surface area contributed by atoms with Crippen molar-refractivity contribution in [2.75, 3.05) is 20.1 Å². The highest BCUT2D eigenvalue weighted by Crippen LogP contribution is 2.27. The summed E-state index contributed by atoms with van der Waals surface area (Å²) in [5.74, 6) is 0. The fraction of sp³-hybridized carbons (Fsp3) is 0.381. The van der Waals surface area contributed by atoms with Gasteiger partial charge in [-0.05, 0) is 55.6 Å². The van der Waals surface area contributed by atoms with Gasteiger partial charge in [0, 0.05) is 13.1 Å². The van der Waals surface area contributed by atoms with E-state index in [2.05, 4.69) is 48.0 Å². The second kappa shape index (κ2) is 7.61. The van der Waals surface area contributed by atoms with Gasteiger partial charge in [0.05, 0.1) is 19.3 Å². The van der Waals surface area contributed by atoms with Crippen molar-refractivity contribution in [2.45, 2.75) is 32.5 Å². The Hall–Kier alpha value is -2.15. The molecule has 0 amide bonds. The van der Waals surface area contributed by atoms with E-state index in [1.165, 1.54) is 11.1 Å². The lowest BCUT2D eigenvalue weighted by molar-refractivity contribution is 0.00213. The molecule has 0 radical (unpaired) electrons. The van der Waals surface area contributed by atoms with Gasteiger partial charge in [0.1, 0.15) is 0 Å². The predicted molar refractivity (Wildman–Crippen MR) is 98.2 cm³/mol. The maximum absolute atomic E-state index is 7.18. The number of benzene rings is 2. The van der Waals surface area contributed by atoms with Crippen LogP contribution in [0.25, 0.3) is 16.0 Å². The zero-order valence-electron chi connectivity index (χ0n) is 14.5. The zero-order valence-corrected chi connectivity index (χ0v) is 14.5. The van der Waals surface area contributed by atoms with Crippen LogP contribution in [0.3, 0.4) is 0 Å². The van der Waals surface area contributed by atoms with Crippen LogP contribution in [0.2, 0.25) is 0 Å². The van der Waals surface area contributed by atoms with E-state index in [-0.39, 0.29) is 0 Å². The minimum atomic E-state index is 0.371. The van der Waals surface area contributed by atoms with E-state index in [1.807, 2.05) is 18.2 Å². The molecular formula is C21H24N2O. The zero-order chi connectivity index (χ0) is 16.9. The van der Waals surface area contributed by atoms with Gasteiger partial charge < -0.3 is 9.64 Å². The Kier molecular flexibility index (Phi) is 5.30. The van der Waals surface area contributed by atoms with Gasteiger partial charge >= 0.3 is 0 Å². The summed E-state index contributed by atoms with van der Waals surface area (Å²) in [6.07, 6.45) is 2.60. The summed E-state index contributed by atoms with van der Waals surface area (Å²) in [6, 6.07) is 14.3. The first kappa shape index (κ1) is 16.7. The Bertz CT molecular complexity index is 740. The van der Waals surface area contributed by atoms with Gasteiger partial charge in [-0.25, -0.2) is 4.85 Å². The fourth-order valence-corrected chi connectivity index (χ4v) is 3.23. The van der Waals surface area contributed by atoms with Crippen LogP contribution in [-0.4, -0.2) is 31.1 Å². The van der Waals surface area contributed by atoms with Crippen molar-refractivity contribution in [1.82, 2.24) is 4.90 Å². The molecule has 0 bridgehead atoms. The molecular weight excluding hydrogens is 296 g/mol. The number of ether oxygens (including phenoxy) is 1. The molecule has 1 heterocycles. The van der Waals surface area contributed by atoms with Gasteiger partial charge in [-0.1, -0.05) is 35.9 Å². The van der Waals surface area contributed by atoms with Gasteiger partial charge in [-0.2, -0.15) is 0 Å². The maximum atomic E-state index is 7.18. The number of rotatable bonds is 4. The summed E-state index contributed by atoms with van der Waals surface area (Å²) in [6.45, 7) is 12.2. The molecule has 0 spiro atoms. The summed E-state index contributed by atoms with van der Waals surface area (Å²) in [7, 11) is 2.17. The first-order valence-electron chi connectivity index (χ1n) is 8.52. The number of nitrogens with zero attached hydrogens (tertiary/aromatic N) is 2. The quantitative estimate of drug-likeness (QED) is 0.751. The van der Waals surface area contributed by atoms with Crippen molar-refractivity contribution in [2.24, 2.45) is 0 Å². The van der Waals surface area contributed by atoms with Gasteiger partial charge in [0.25, 0.3) is 0 Å². The van der Waals surface area contributed by atoms with E-state index in [1.54, 1.807) is 0 Å². The van der Waals surface area contributed by atoms with Crippen LogP contribution in [0.4, 0.5) is 5.69 Å². The lowest BCUT2D eigenvalue weighted by Gasteiger charge is -2.29. The molecule has 1 aliphatic heterocycles. The SMILES string of the molecule is [C-]#[N+]c1cccc(-c2cc(C)cc(COC3CCN(C)CC3)c2)c1. The number of hydrogen-bond donors (Lipinski definition) is 0. The average Bonchev–Trinajstić information content (AvgIpc) is 2.61. The molecule has 1 saturated heterocycles. The molecule has 1 aliphatic rings. The number of likely N-dealkylation sites (tertiary alicyclic amines) is 1. The second-order valence-electron chi connectivity index (χ2n) is 6.68. The highest BCUT2D eigenvalue weighted by atomic mass is 16.5. The molecule has 24 heavy (non-hydrogen) atoms. The van der Waals surface area contributed by atoms with E-state index in [0.717, 1.165) is 37.1 Å². The largest absolute Gasteiger partial charge is 0.373 e. The Balaban J connectivity index is 1.73. The van der Waals surface area contributed by atoms with Crippen molar-refractivity contribution in [3.8, 4) is 11.1 Å². The Labute approximate surface area is 144 Å². The summed E-state index contributed by atoms with van der Waals surface area (Å²) in [5.41, 5.74) is 5.35. The third-order valence-corrected chi connectivity index (χ3v) is 4.60. The number of piperidine rings is 1. The van der Waals surface area contributed by atoms with Crippen molar-refractivity contribution in [3.63, 3.8) is 0 Å². The lowest BCUT2D eigenvalue weighted by atomic mass is 10.00. The minimum Gasteiger partial charge on any atom is -0.373 e. The van der Waals surface area contributed by atoms with Crippen LogP contribution in [0.15, 0.2) is 42.5 Å². The standard InChI is InChI=1S/C21H24N2O/c1-16-11-17(15-24-21-7-9-23(3)10-8-21)13-19(12-16)18-5-4-6-20(14-18)22-2/h4-6,11-14,21H,7-10,15H2,1,3H3. The Morgan fingerprint density at radius 2 is 1.92 bits per heavy atom. The van der Waals surface area contributed by atoms with E-state index in [4.69, 9.17) is 11.3 Å². The van der Waals surface area contributed by atoms with Crippen LogP contribution < -0.4 is 0 Å². The molecule has 0 N–H and O–H groups in total. The molecule has 2 aromatic rings. The Morgan fingerprint density at radius 3 is 2.67 bits per heavy atom. The second-order valence-corrected chi connectivity index (χ2v) is 6.68. The van der Waals surface area contributed by atoms with Crippen molar-refractivity contribution < 1.29 is 4.74 Å². The topological polar surface area (TPSA) is 16.8 Å². The van der Waals surface area contributed by atoms with Crippen molar-refractivity contribution >= 4 is 5.69 Å². The molecule has 3 nitrogen and oxygen atoms in total. The van der Waals surface area contributed by atoms with Crippen LogP contribution in [0.1, 0.15) is 24.0 Å².